The van der Waals surface area contributed by atoms with E-state index < -0.39 is 51.8 Å². The van der Waals surface area contributed by atoms with Crippen molar-refractivity contribution in [3.05, 3.63) is 102 Å². The number of β-lactam (4-membered cyclic amide) rings is 1. The monoisotopic (exact) mass is 656 g/mol. The highest BCUT2D eigenvalue weighted by Gasteiger charge is 2.57. The highest BCUT2D eigenvalue weighted by molar-refractivity contribution is 8.05. The van der Waals surface area contributed by atoms with E-state index in [9.17, 15) is 44.5 Å². The maximum atomic E-state index is 13.1. The number of esters is 2. The van der Waals surface area contributed by atoms with Crippen molar-refractivity contribution in [1.29, 1.82) is 0 Å². The lowest BCUT2D eigenvalue weighted by atomic mass is 9.83. The van der Waals surface area contributed by atoms with Crippen molar-refractivity contribution in [1.82, 2.24) is 10.2 Å². The van der Waals surface area contributed by atoms with Crippen molar-refractivity contribution in [2.24, 2.45) is 5.92 Å². The molecule has 0 unspecified atom stereocenters. The lowest BCUT2D eigenvalue weighted by Crippen LogP contribution is -2.61. The van der Waals surface area contributed by atoms with Crippen molar-refractivity contribution >= 4 is 47.1 Å². The summed E-state index contributed by atoms with van der Waals surface area (Å²) in [7, 11) is 0. The van der Waals surface area contributed by atoms with E-state index >= 15 is 0 Å². The number of carbonyl (C=O) groups is 4. The number of amides is 2. The topological polar surface area (TPSA) is 218 Å². The van der Waals surface area contributed by atoms with Crippen molar-refractivity contribution in [2.75, 3.05) is 13.2 Å². The number of aliphatic hydroxyl groups is 1. The maximum Gasteiger partial charge on any atom is 0.407 e. The standard InChI is InChI=1S/C29H28N4O12S/c1-17(34)25-22-14-23(26(31(22)27(25)36)28(37)44-15-18-2-6-20(7-3-18)32(39)40)46-13-10-24(35)43-12-11-30-29(38)45-16-19-4-8-21(9-5-19)33(41)42/h2-10,13,17,22,25,34H,11-12,14-16H2,1H3,(H,30,38)/b13-10-/t17-,22+,25-/m0/s1. The molecule has 1 saturated heterocycles. The molecular formula is C29H28N4O12S. The highest BCUT2D eigenvalue weighted by atomic mass is 32.2. The van der Waals surface area contributed by atoms with Gasteiger partial charge in [0, 0.05) is 41.7 Å². The van der Waals surface area contributed by atoms with E-state index in [-0.39, 0.29) is 49.9 Å². The molecular weight excluding hydrogens is 628 g/mol. The number of nitro groups is 2. The summed E-state index contributed by atoms with van der Waals surface area (Å²) in [6.45, 7) is 0.936. The normalized spacial score (nSPS) is 17.6. The average molecular weight is 657 g/mol. The van der Waals surface area contributed by atoms with Crippen molar-refractivity contribution in [3.63, 3.8) is 0 Å². The van der Waals surface area contributed by atoms with Gasteiger partial charge in [0.25, 0.3) is 11.4 Å². The Kier molecular flexibility index (Phi) is 11.1. The van der Waals surface area contributed by atoms with Gasteiger partial charge < -0.3 is 29.5 Å². The number of carbonyl (C=O) groups excluding carboxylic acids is 4. The van der Waals surface area contributed by atoms with Gasteiger partial charge in [-0.05, 0) is 47.7 Å². The first-order chi connectivity index (χ1) is 22.0. The molecule has 0 aromatic heterocycles. The van der Waals surface area contributed by atoms with Gasteiger partial charge >= 0.3 is 18.0 Å². The van der Waals surface area contributed by atoms with E-state index in [1.807, 2.05) is 0 Å². The summed E-state index contributed by atoms with van der Waals surface area (Å²) in [5.41, 5.74) is 0.825. The molecule has 0 bridgehead atoms. The number of aliphatic hydroxyl groups excluding tert-OH is 1. The summed E-state index contributed by atoms with van der Waals surface area (Å²) in [5, 5.41) is 35.4. The van der Waals surface area contributed by atoms with Crippen LogP contribution in [-0.2, 0) is 41.8 Å². The third kappa shape index (κ3) is 8.24. The molecule has 1 fully saturated rings. The molecule has 0 spiro atoms. The number of hydrogen-bond acceptors (Lipinski definition) is 13. The second-order valence-electron chi connectivity index (χ2n) is 10.0. The van der Waals surface area contributed by atoms with E-state index in [2.05, 4.69) is 5.32 Å². The summed E-state index contributed by atoms with van der Waals surface area (Å²) < 4.78 is 15.4. The zero-order valence-corrected chi connectivity index (χ0v) is 25.0. The van der Waals surface area contributed by atoms with Crippen molar-refractivity contribution in [3.8, 4) is 0 Å². The van der Waals surface area contributed by atoms with Crippen LogP contribution in [0.1, 0.15) is 24.5 Å². The van der Waals surface area contributed by atoms with Gasteiger partial charge in [-0.1, -0.05) is 11.8 Å². The fourth-order valence-electron chi connectivity index (χ4n) is 4.70. The quantitative estimate of drug-likeness (QED) is 0.0569. The molecule has 0 radical (unpaired) electrons. The van der Waals surface area contributed by atoms with Crippen LogP contribution < -0.4 is 5.32 Å². The third-order valence-corrected chi connectivity index (χ3v) is 7.86. The van der Waals surface area contributed by atoms with E-state index in [4.69, 9.17) is 14.2 Å². The molecule has 242 valence electrons. The molecule has 2 aromatic rings. The number of fused-ring (bicyclic) bond motifs is 1. The first-order valence-electron chi connectivity index (χ1n) is 13.7. The SMILES string of the molecule is C[C@H](O)[C@@H]1C(=O)N2C(C(=O)OCc3ccc([N+](=O)[O-])cc3)=C(S/C=C\C(=O)OCCNC(=O)OCc3ccc([N+](=O)[O-])cc3)C[C@H]12. The third-order valence-electron chi connectivity index (χ3n) is 6.95. The number of benzene rings is 2. The summed E-state index contributed by atoms with van der Waals surface area (Å²) in [6.07, 6.45) is -0.363. The zero-order valence-electron chi connectivity index (χ0n) is 24.2. The summed E-state index contributed by atoms with van der Waals surface area (Å²) in [6, 6.07) is 10.5. The molecule has 2 aromatic carbocycles. The number of nitrogens with one attached hydrogen (secondary N) is 1. The Morgan fingerprint density at radius 3 is 2.11 bits per heavy atom. The molecule has 3 atom stereocenters. The molecule has 2 aliphatic rings. The van der Waals surface area contributed by atoms with Gasteiger partial charge in [-0.2, -0.15) is 0 Å². The minimum atomic E-state index is -0.936. The van der Waals surface area contributed by atoms with Gasteiger partial charge in [0.1, 0.15) is 25.5 Å². The fraction of sp³-hybridized carbons (Fsp3) is 0.310. The average Bonchev–Trinajstić information content (AvgIpc) is 3.34. The smallest absolute Gasteiger partial charge is 0.407 e. The number of ether oxygens (including phenoxy) is 3. The van der Waals surface area contributed by atoms with Gasteiger partial charge in [-0.15, -0.1) is 0 Å². The van der Waals surface area contributed by atoms with Crippen LogP contribution in [0.15, 0.2) is 70.6 Å². The van der Waals surface area contributed by atoms with E-state index in [0.29, 0.717) is 16.0 Å². The van der Waals surface area contributed by atoms with E-state index in [1.54, 1.807) is 0 Å². The molecule has 16 nitrogen and oxygen atoms in total. The predicted octanol–water partition coefficient (Wildman–Crippen LogP) is 3.09. The lowest BCUT2D eigenvalue weighted by Gasteiger charge is -2.44. The summed E-state index contributed by atoms with van der Waals surface area (Å²) in [5.74, 6) is -2.67. The number of alkyl carbamates (subject to hydrolysis) is 1. The number of thioether (sulfide) groups is 1. The van der Waals surface area contributed by atoms with Gasteiger partial charge in [0.15, 0.2) is 0 Å². The molecule has 2 heterocycles. The zero-order chi connectivity index (χ0) is 33.4. The van der Waals surface area contributed by atoms with Crippen LogP contribution in [0.2, 0.25) is 0 Å². The number of hydrogen-bond donors (Lipinski definition) is 2. The summed E-state index contributed by atoms with van der Waals surface area (Å²) in [4.78, 5) is 72.0. The van der Waals surface area contributed by atoms with E-state index in [0.717, 1.165) is 17.8 Å². The molecule has 0 saturated carbocycles. The second-order valence-corrected chi connectivity index (χ2v) is 11.0. The Morgan fingerprint density at radius 1 is 1.00 bits per heavy atom. The molecule has 4 rings (SSSR count). The number of non-ortho nitro benzene ring substituents is 2. The Hall–Kier alpha value is -5.29. The van der Waals surface area contributed by atoms with Crippen LogP contribution in [0.25, 0.3) is 0 Å². The first-order valence-corrected chi connectivity index (χ1v) is 14.6. The van der Waals surface area contributed by atoms with Crippen LogP contribution >= 0.6 is 11.8 Å². The number of nitrogens with zero attached hydrogens (tertiary/aromatic N) is 3. The molecule has 46 heavy (non-hydrogen) atoms. The molecule has 17 heteroatoms. The molecule has 2 amide bonds. The minimum absolute atomic E-state index is 0.00623. The largest absolute Gasteiger partial charge is 0.461 e. The summed E-state index contributed by atoms with van der Waals surface area (Å²) >= 11 is 1.01. The van der Waals surface area contributed by atoms with Gasteiger partial charge in [-0.25, -0.2) is 14.4 Å². The van der Waals surface area contributed by atoms with Crippen molar-refractivity contribution in [2.45, 2.75) is 38.7 Å². The first kappa shape index (κ1) is 33.6. The molecule has 0 aliphatic carbocycles. The van der Waals surface area contributed by atoms with Crippen LogP contribution in [-0.4, -0.2) is 69.1 Å². The number of nitro benzene ring substituents is 2. The van der Waals surface area contributed by atoms with Crippen LogP contribution in [0.4, 0.5) is 16.2 Å². The minimum Gasteiger partial charge on any atom is -0.461 e. The Balaban J connectivity index is 1.25. The second kappa shape index (κ2) is 15.1. The molecule has 2 aliphatic heterocycles. The van der Waals surface area contributed by atoms with Crippen LogP contribution in [0.5, 0.6) is 0 Å². The number of rotatable bonds is 14. The Labute approximate surface area is 265 Å². The Morgan fingerprint density at radius 2 is 1.57 bits per heavy atom. The fourth-order valence-corrected chi connectivity index (χ4v) is 5.60. The van der Waals surface area contributed by atoms with Gasteiger partial charge in [0.2, 0.25) is 5.91 Å². The maximum absolute atomic E-state index is 13.1. The molecule has 2 N–H and O–H groups in total. The van der Waals surface area contributed by atoms with E-state index in [1.165, 1.54) is 65.8 Å². The van der Waals surface area contributed by atoms with Gasteiger partial charge in [-0.3, -0.25) is 25.0 Å². The highest BCUT2D eigenvalue weighted by Crippen LogP contribution is 2.47. The predicted molar refractivity (Wildman–Crippen MR) is 159 cm³/mol. The van der Waals surface area contributed by atoms with Gasteiger partial charge in [0.05, 0.1) is 34.5 Å². The van der Waals surface area contributed by atoms with Crippen molar-refractivity contribution < 1.29 is 48.3 Å². The van der Waals surface area contributed by atoms with Crippen LogP contribution in [0, 0.1) is 26.1 Å². The Bertz CT molecular complexity index is 1570. The lowest BCUT2D eigenvalue weighted by molar-refractivity contribution is -0.385. The van der Waals surface area contributed by atoms with Crippen LogP contribution in [0.3, 0.4) is 0 Å².